The molecule has 0 fully saturated rings. The van der Waals surface area contributed by atoms with Crippen LogP contribution in [0, 0.1) is 6.92 Å². The van der Waals surface area contributed by atoms with E-state index < -0.39 is 5.97 Å². The van der Waals surface area contributed by atoms with Gasteiger partial charge in [0.25, 0.3) is 0 Å². The number of hydrogen-bond donors (Lipinski definition) is 1. The highest BCUT2D eigenvalue weighted by atomic mass is 35.5. The molecule has 1 aliphatic rings. The highest BCUT2D eigenvalue weighted by molar-refractivity contribution is 7.09. The van der Waals surface area contributed by atoms with Crippen molar-refractivity contribution in [1.82, 2.24) is 4.98 Å². The van der Waals surface area contributed by atoms with E-state index in [2.05, 4.69) is 10.3 Å². The minimum absolute atomic E-state index is 0.0131. The smallest absolute Gasteiger partial charge is 0.338 e. The van der Waals surface area contributed by atoms with Gasteiger partial charge in [-0.3, -0.25) is 4.79 Å². The van der Waals surface area contributed by atoms with Crippen LogP contribution < -0.4 is 14.8 Å². The third-order valence-corrected chi connectivity index (χ3v) is 5.69. The Morgan fingerprint density at radius 3 is 2.87 bits per heavy atom. The van der Waals surface area contributed by atoms with Gasteiger partial charge in [-0.15, -0.1) is 11.3 Å². The zero-order chi connectivity index (χ0) is 21.8. The molecule has 2 aromatic carbocycles. The van der Waals surface area contributed by atoms with Crippen molar-refractivity contribution < 1.29 is 23.8 Å². The molecule has 9 heteroatoms. The van der Waals surface area contributed by atoms with Crippen molar-refractivity contribution >= 4 is 40.5 Å². The molecule has 31 heavy (non-hydrogen) atoms. The van der Waals surface area contributed by atoms with E-state index in [0.717, 1.165) is 11.3 Å². The van der Waals surface area contributed by atoms with Crippen molar-refractivity contribution in [3.8, 4) is 11.5 Å². The van der Waals surface area contributed by atoms with Gasteiger partial charge < -0.3 is 19.5 Å². The standard InChI is InChI=1S/C22H19ClN2O5S/c1-13-4-2-3-5-17(13)25-19(26)10-20-24-15(12-31-20)11-30-22(27)14-8-16(23)21-18(9-14)28-6-7-29-21/h2-5,8-9,12H,6-7,10-11H2,1H3,(H,25,26). The van der Waals surface area contributed by atoms with Crippen LogP contribution in [0.5, 0.6) is 11.5 Å². The minimum Gasteiger partial charge on any atom is -0.486 e. The van der Waals surface area contributed by atoms with E-state index in [1.54, 1.807) is 11.4 Å². The van der Waals surface area contributed by atoms with Gasteiger partial charge in [0, 0.05) is 11.1 Å². The molecule has 0 saturated carbocycles. The number of thiazole rings is 1. The van der Waals surface area contributed by atoms with Crippen LogP contribution in [0.2, 0.25) is 5.02 Å². The van der Waals surface area contributed by atoms with Crippen LogP contribution in [0.25, 0.3) is 0 Å². The molecule has 0 unspecified atom stereocenters. The topological polar surface area (TPSA) is 86.8 Å². The van der Waals surface area contributed by atoms with Crippen molar-refractivity contribution in [3.63, 3.8) is 0 Å². The van der Waals surface area contributed by atoms with E-state index in [1.807, 2.05) is 31.2 Å². The number of amides is 1. The largest absolute Gasteiger partial charge is 0.486 e. The summed E-state index contributed by atoms with van der Waals surface area (Å²) < 4.78 is 16.3. The Kier molecular flexibility index (Phi) is 6.39. The fraction of sp³-hybridized carbons (Fsp3) is 0.227. The first-order valence-electron chi connectivity index (χ1n) is 9.54. The van der Waals surface area contributed by atoms with Gasteiger partial charge in [0.15, 0.2) is 11.5 Å². The van der Waals surface area contributed by atoms with Crippen LogP contribution >= 0.6 is 22.9 Å². The molecule has 0 spiro atoms. The number of benzene rings is 2. The Hall–Kier alpha value is -3.10. The quantitative estimate of drug-likeness (QED) is 0.550. The second-order valence-electron chi connectivity index (χ2n) is 6.83. The summed E-state index contributed by atoms with van der Waals surface area (Å²) in [7, 11) is 0. The zero-order valence-corrected chi connectivity index (χ0v) is 18.2. The summed E-state index contributed by atoms with van der Waals surface area (Å²) in [6.07, 6.45) is 0.144. The number of anilines is 1. The number of aryl methyl sites for hydroxylation is 1. The number of hydrogen-bond acceptors (Lipinski definition) is 7. The summed E-state index contributed by atoms with van der Waals surface area (Å²) >= 11 is 7.51. The highest BCUT2D eigenvalue weighted by Gasteiger charge is 2.20. The summed E-state index contributed by atoms with van der Waals surface area (Å²) in [5, 5.41) is 5.57. The predicted octanol–water partition coefficient (Wildman–Crippen LogP) is 4.41. The molecule has 7 nitrogen and oxygen atoms in total. The lowest BCUT2D eigenvalue weighted by molar-refractivity contribution is -0.115. The number of aromatic nitrogens is 1. The predicted molar refractivity (Wildman–Crippen MR) is 117 cm³/mol. The van der Waals surface area contributed by atoms with Gasteiger partial charge in [-0.25, -0.2) is 9.78 Å². The third kappa shape index (κ3) is 5.15. The number of fused-ring (bicyclic) bond motifs is 1. The van der Waals surface area contributed by atoms with Gasteiger partial charge in [-0.1, -0.05) is 29.8 Å². The normalized spacial score (nSPS) is 12.3. The average molecular weight is 459 g/mol. The summed E-state index contributed by atoms with van der Waals surface area (Å²) in [6.45, 7) is 2.72. The van der Waals surface area contributed by atoms with Gasteiger partial charge in [0.2, 0.25) is 5.91 Å². The molecule has 1 N–H and O–H groups in total. The van der Waals surface area contributed by atoms with Crippen molar-refractivity contribution in [1.29, 1.82) is 0 Å². The van der Waals surface area contributed by atoms with Gasteiger partial charge in [-0.05, 0) is 30.7 Å². The van der Waals surface area contributed by atoms with Crippen LogP contribution in [-0.4, -0.2) is 30.1 Å². The number of halogens is 1. The number of carbonyl (C=O) groups is 2. The molecule has 0 radical (unpaired) electrons. The maximum Gasteiger partial charge on any atom is 0.338 e. The first-order valence-corrected chi connectivity index (χ1v) is 10.8. The molecule has 0 atom stereocenters. The number of rotatable bonds is 6. The first-order chi connectivity index (χ1) is 15.0. The van der Waals surface area contributed by atoms with E-state index in [9.17, 15) is 9.59 Å². The number of carbonyl (C=O) groups excluding carboxylic acids is 2. The second kappa shape index (κ2) is 9.36. The number of nitrogens with zero attached hydrogens (tertiary/aromatic N) is 1. The van der Waals surface area contributed by atoms with Gasteiger partial charge in [0.1, 0.15) is 24.8 Å². The second-order valence-corrected chi connectivity index (χ2v) is 8.18. The SMILES string of the molecule is Cc1ccccc1NC(=O)Cc1nc(COC(=O)c2cc(Cl)c3c(c2)OCCO3)cs1. The lowest BCUT2D eigenvalue weighted by Gasteiger charge is -2.19. The van der Waals surface area contributed by atoms with E-state index in [1.165, 1.54) is 17.4 Å². The maximum absolute atomic E-state index is 12.4. The highest BCUT2D eigenvalue weighted by Crippen LogP contribution is 2.38. The monoisotopic (exact) mass is 458 g/mol. The molecule has 4 rings (SSSR count). The van der Waals surface area contributed by atoms with Crippen LogP contribution in [-0.2, 0) is 22.6 Å². The lowest BCUT2D eigenvalue weighted by atomic mass is 10.2. The zero-order valence-electron chi connectivity index (χ0n) is 16.6. The van der Waals surface area contributed by atoms with E-state index in [4.69, 9.17) is 25.8 Å². The third-order valence-electron chi connectivity index (χ3n) is 4.51. The van der Waals surface area contributed by atoms with Gasteiger partial charge >= 0.3 is 5.97 Å². The van der Waals surface area contributed by atoms with Crippen LogP contribution in [0.15, 0.2) is 41.8 Å². The molecule has 0 saturated heterocycles. The molecule has 0 aliphatic carbocycles. The summed E-state index contributed by atoms with van der Waals surface area (Å²) in [4.78, 5) is 29.1. The molecule has 1 amide bonds. The number of para-hydroxylation sites is 1. The molecule has 1 aromatic heterocycles. The molecule has 1 aliphatic heterocycles. The van der Waals surface area contributed by atoms with Crippen LogP contribution in [0.4, 0.5) is 5.69 Å². The average Bonchev–Trinajstić information content (AvgIpc) is 3.20. The minimum atomic E-state index is -0.550. The van der Waals surface area contributed by atoms with Crippen molar-refractivity contribution in [2.75, 3.05) is 18.5 Å². The van der Waals surface area contributed by atoms with Gasteiger partial charge in [0.05, 0.1) is 22.7 Å². The fourth-order valence-electron chi connectivity index (χ4n) is 2.99. The molecule has 0 bridgehead atoms. The molecular weight excluding hydrogens is 440 g/mol. The Bertz CT molecular complexity index is 1130. The molecular formula is C22H19ClN2O5S. The molecule has 160 valence electrons. The van der Waals surface area contributed by atoms with Crippen LogP contribution in [0.1, 0.15) is 26.6 Å². The fourth-order valence-corrected chi connectivity index (χ4v) is 4.04. The number of esters is 1. The Morgan fingerprint density at radius 2 is 2.03 bits per heavy atom. The van der Waals surface area contributed by atoms with Crippen molar-refractivity contribution in [3.05, 3.63) is 68.6 Å². The maximum atomic E-state index is 12.4. The first kappa shape index (κ1) is 21.1. The van der Waals surface area contributed by atoms with Crippen LogP contribution in [0.3, 0.4) is 0 Å². The molecule has 3 aromatic rings. The number of nitrogens with one attached hydrogen (secondary N) is 1. The van der Waals surface area contributed by atoms with E-state index in [0.29, 0.717) is 40.4 Å². The summed E-state index contributed by atoms with van der Waals surface area (Å²) in [5.41, 5.74) is 2.60. The Balaban J connectivity index is 1.33. The summed E-state index contributed by atoms with van der Waals surface area (Å²) in [6, 6.07) is 10.6. The van der Waals surface area contributed by atoms with E-state index >= 15 is 0 Å². The molecule has 2 heterocycles. The lowest BCUT2D eigenvalue weighted by Crippen LogP contribution is -2.16. The number of ether oxygens (including phenoxy) is 3. The Morgan fingerprint density at radius 1 is 1.23 bits per heavy atom. The Labute approximate surface area is 187 Å². The van der Waals surface area contributed by atoms with Gasteiger partial charge in [-0.2, -0.15) is 0 Å². The van der Waals surface area contributed by atoms with Crippen molar-refractivity contribution in [2.24, 2.45) is 0 Å². The van der Waals surface area contributed by atoms with Crippen molar-refractivity contribution in [2.45, 2.75) is 20.0 Å². The summed E-state index contributed by atoms with van der Waals surface area (Å²) in [5.74, 6) is 0.141. The van der Waals surface area contributed by atoms with E-state index in [-0.39, 0.29) is 24.5 Å².